The first-order chi connectivity index (χ1) is 12.0. The van der Waals surface area contributed by atoms with Gasteiger partial charge in [-0.25, -0.2) is 0 Å². The van der Waals surface area contributed by atoms with Gasteiger partial charge in [0.15, 0.2) is 0 Å². The monoisotopic (exact) mass is 344 g/mol. The van der Waals surface area contributed by atoms with Crippen LogP contribution in [0.2, 0.25) is 0 Å². The van der Waals surface area contributed by atoms with Gasteiger partial charge in [0.1, 0.15) is 0 Å². The summed E-state index contributed by atoms with van der Waals surface area (Å²) in [4.78, 5) is 24.9. The van der Waals surface area contributed by atoms with E-state index in [1.54, 1.807) is 0 Å². The largest absolute Gasteiger partial charge is 0.463 e. The van der Waals surface area contributed by atoms with Crippen molar-refractivity contribution in [2.75, 3.05) is 13.1 Å². The Hall–Kier alpha value is -1.88. The molecular weight excluding hydrogens is 316 g/mol. The van der Waals surface area contributed by atoms with Crippen molar-refractivity contribution in [1.82, 2.24) is 10.6 Å². The van der Waals surface area contributed by atoms with Crippen LogP contribution in [0.1, 0.15) is 51.1 Å². The lowest BCUT2D eigenvalue weighted by Crippen LogP contribution is -2.36. The Balaban J connectivity index is 1.65. The Labute approximate surface area is 149 Å². The maximum Gasteiger partial charge on any atom is 0.308 e. The van der Waals surface area contributed by atoms with Crippen molar-refractivity contribution in [2.45, 2.75) is 51.7 Å². The fraction of sp³-hybridized carbons (Fsp3) is 0.600. The minimum Gasteiger partial charge on any atom is -0.463 e. The highest BCUT2D eigenvalue weighted by Gasteiger charge is 2.57. The molecule has 1 amide bonds. The molecule has 1 heterocycles. The van der Waals surface area contributed by atoms with Gasteiger partial charge in [0, 0.05) is 5.92 Å². The molecule has 0 unspecified atom stereocenters. The van der Waals surface area contributed by atoms with Crippen LogP contribution in [0.15, 0.2) is 30.3 Å². The lowest BCUT2D eigenvalue weighted by atomic mass is 9.91. The van der Waals surface area contributed by atoms with Gasteiger partial charge < -0.3 is 15.4 Å². The van der Waals surface area contributed by atoms with Crippen LogP contribution in [-0.4, -0.2) is 31.1 Å². The number of piperidine rings is 1. The summed E-state index contributed by atoms with van der Waals surface area (Å²) in [7, 11) is 0. The molecule has 25 heavy (non-hydrogen) atoms. The average molecular weight is 344 g/mol. The average Bonchev–Trinajstić information content (AvgIpc) is 3.28. The van der Waals surface area contributed by atoms with Crippen molar-refractivity contribution in [3.8, 4) is 0 Å². The fourth-order valence-electron chi connectivity index (χ4n) is 3.88. The van der Waals surface area contributed by atoms with E-state index in [1.807, 2.05) is 44.2 Å². The standard InChI is InChI=1S/C20H28N2O3/c1-14(2)25-18(23)12-17(15-6-4-3-5-7-15)22-19(24)16-13-20(16)8-10-21-11-9-20/h3-7,14,16-17,21H,8-13H2,1-2H3,(H,22,24)/t16-,17-/m0/s1. The van der Waals surface area contributed by atoms with E-state index >= 15 is 0 Å². The van der Waals surface area contributed by atoms with E-state index in [9.17, 15) is 9.59 Å². The van der Waals surface area contributed by atoms with Gasteiger partial charge in [0.25, 0.3) is 0 Å². The first-order valence-electron chi connectivity index (χ1n) is 9.26. The third kappa shape index (κ3) is 4.40. The molecule has 2 aliphatic rings. The molecular formula is C20H28N2O3. The molecule has 1 saturated heterocycles. The molecule has 1 aliphatic heterocycles. The Morgan fingerprint density at radius 1 is 1.24 bits per heavy atom. The normalized spacial score (nSPS) is 22.4. The van der Waals surface area contributed by atoms with Crippen molar-refractivity contribution >= 4 is 11.9 Å². The fourth-order valence-corrected chi connectivity index (χ4v) is 3.88. The number of hydrogen-bond donors (Lipinski definition) is 2. The van der Waals surface area contributed by atoms with Gasteiger partial charge in [-0.05, 0) is 57.2 Å². The molecule has 5 heteroatoms. The predicted octanol–water partition coefficient (Wildman–Crippen LogP) is 2.58. The highest BCUT2D eigenvalue weighted by atomic mass is 16.5. The molecule has 1 aromatic rings. The third-order valence-corrected chi connectivity index (χ3v) is 5.36. The van der Waals surface area contributed by atoms with Crippen LogP contribution in [-0.2, 0) is 14.3 Å². The smallest absolute Gasteiger partial charge is 0.308 e. The quantitative estimate of drug-likeness (QED) is 0.779. The summed E-state index contributed by atoms with van der Waals surface area (Å²) in [5.74, 6) is -0.119. The molecule has 2 atom stereocenters. The van der Waals surface area contributed by atoms with Gasteiger partial charge in [-0.2, -0.15) is 0 Å². The van der Waals surface area contributed by atoms with Crippen molar-refractivity contribution in [3.05, 3.63) is 35.9 Å². The first kappa shape index (κ1) is 17.9. The summed E-state index contributed by atoms with van der Waals surface area (Å²) in [6, 6.07) is 9.34. The van der Waals surface area contributed by atoms with E-state index in [-0.39, 0.29) is 41.8 Å². The van der Waals surface area contributed by atoms with Gasteiger partial charge in [-0.15, -0.1) is 0 Å². The summed E-state index contributed by atoms with van der Waals surface area (Å²) in [6.07, 6.45) is 3.11. The van der Waals surface area contributed by atoms with Crippen LogP contribution in [0.3, 0.4) is 0 Å². The zero-order valence-corrected chi connectivity index (χ0v) is 15.1. The summed E-state index contributed by atoms with van der Waals surface area (Å²) in [5.41, 5.74) is 1.13. The van der Waals surface area contributed by atoms with Gasteiger partial charge in [0.05, 0.1) is 18.6 Å². The number of rotatable bonds is 6. The minimum absolute atomic E-state index is 0.0769. The molecule has 1 spiro atoms. The molecule has 0 radical (unpaired) electrons. The molecule has 1 saturated carbocycles. The van der Waals surface area contributed by atoms with Crippen molar-refractivity contribution in [1.29, 1.82) is 0 Å². The maximum atomic E-state index is 12.8. The lowest BCUT2D eigenvalue weighted by Gasteiger charge is -2.24. The van der Waals surface area contributed by atoms with E-state index < -0.39 is 0 Å². The molecule has 1 aliphatic carbocycles. The van der Waals surface area contributed by atoms with Gasteiger partial charge in [-0.3, -0.25) is 9.59 Å². The zero-order valence-electron chi connectivity index (χ0n) is 15.1. The number of ether oxygens (including phenoxy) is 1. The molecule has 2 fully saturated rings. The van der Waals surface area contributed by atoms with Gasteiger partial charge in [-0.1, -0.05) is 30.3 Å². The van der Waals surface area contributed by atoms with E-state index in [1.165, 1.54) is 0 Å². The Morgan fingerprint density at radius 3 is 2.56 bits per heavy atom. The highest BCUT2D eigenvalue weighted by Crippen LogP contribution is 2.58. The van der Waals surface area contributed by atoms with Crippen molar-refractivity contribution in [2.24, 2.45) is 11.3 Å². The SMILES string of the molecule is CC(C)OC(=O)C[C@H](NC(=O)[C@@H]1CC12CCNCC2)c1ccccc1. The van der Waals surface area contributed by atoms with Crippen molar-refractivity contribution < 1.29 is 14.3 Å². The van der Waals surface area contributed by atoms with Crippen LogP contribution < -0.4 is 10.6 Å². The Bertz CT molecular complexity index is 609. The zero-order chi connectivity index (χ0) is 17.9. The molecule has 136 valence electrons. The molecule has 3 rings (SSSR count). The number of amides is 1. The summed E-state index contributed by atoms with van der Waals surface area (Å²) >= 11 is 0. The second-order valence-electron chi connectivity index (χ2n) is 7.58. The Morgan fingerprint density at radius 2 is 1.92 bits per heavy atom. The highest BCUT2D eigenvalue weighted by molar-refractivity contribution is 5.83. The topological polar surface area (TPSA) is 67.4 Å². The maximum absolute atomic E-state index is 12.8. The second-order valence-corrected chi connectivity index (χ2v) is 7.58. The Kier molecular flexibility index (Phi) is 5.42. The summed E-state index contributed by atoms with van der Waals surface area (Å²) in [6.45, 7) is 5.65. The number of carbonyl (C=O) groups excluding carboxylic acids is 2. The molecule has 5 nitrogen and oxygen atoms in total. The lowest BCUT2D eigenvalue weighted by molar-refractivity contribution is -0.148. The molecule has 0 aromatic heterocycles. The number of esters is 1. The molecule has 1 aromatic carbocycles. The molecule has 2 N–H and O–H groups in total. The number of benzene rings is 1. The second kappa shape index (κ2) is 7.56. The number of nitrogens with one attached hydrogen (secondary N) is 2. The summed E-state index contributed by atoms with van der Waals surface area (Å²) in [5, 5.41) is 6.47. The van der Waals surface area contributed by atoms with E-state index in [0.717, 1.165) is 37.9 Å². The minimum atomic E-state index is -0.334. The summed E-state index contributed by atoms with van der Waals surface area (Å²) < 4.78 is 5.27. The number of carbonyl (C=O) groups is 2. The predicted molar refractivity (Wildman–Crippen MR) is 95.8 cm³/mol. The third-order valence-electron chi connectivity index (χ3n) is 5.36. The van der Waals surface area contributed by atoms with Crippen LogP contribution in [0.5, 0.6) is 0 Å². The van der Waals surface area contributed by atoms with E-state index in [4.69, 9.17) is 4.74 Å². The van der Waals surface area contributed by atoms with Crippen molar-refractivity contribution in [3.63, 3.8) is 0 Å². The van der Waals surface area contributed by atoms with E-state index in [0.29, 0.717) is 0 Å². The van der Waals surface area contributed by atoms with Crippen LogP contribution >= 0.6 is 0 Å². The van der Waals surface area contributed by atoms with E-state index in [2.05, 4.69) is 10.6 Å². The van der Waals surface area contributed by atoms with Gasteiger partial charge in [0.2, 0.25) is 5.91 Å². The van der Waals surface area contributed by atoms with Crippen LogP contribution in [0, 0.1) is 11.3 Å². The molecule has 0 bridgehead atoms. The van der Waals surface area contributed by atoms with Crippen LogP contribution in [0.25, 0.3) is 0 Å². The number of hydrogen-bond acceptors (Lipinski definition) is 4. The van der Waals surface area contributed by atoms with Gasteiger partial charge >= 0.3 is 5.97 Å². The first-order valence-corrected chi connectivity index (χ1v) is 9.26. The van der Waals surface area contributed by atoms with Crippen LogP contribution in [0.4, 0.5) is 0 Å².